The van der Waals surface area contributed by atoms with E-state index in [1.165, 1.54) is 40.8 Å². The van der Waals surface area contributed by atoms with Gasteiger partial charge in [-0.15, -0.1) is 11.3 Å². The first-order chi connectivity index (χ1) is 13.7. The first-order valence-electron chi connectivity index (χ1n) is 9.66. The molecule has 0 amide bonds. The molecular weight excluding hydrogens is 404 g/mol. The van der Waals surface area contributed by atoms with Crippen molar-refractivity contribution in [3.63, 3.8) is 0 Å². The van der Waals surface area contributed by atoms with Crippen molar-refractivity contribution in [3.8, 4) is 0 Å². The molecule has 152 valence electrons. The number of thioether (sulfide) groups is 1. The maximum Gasteiger partial charge on any atom is 0.269 e. The summed E-state index contributed by atoms with van der Waals surface area (Å²) in [6, 6.07) is 6.58. The Morgan fingerprint density at radius 2 is 2.00 bits per heavy atom. The van der Waals surface area contributed by atoms with E-state index in [9.17, 15) is 10.1 Å². The van der Waals surface area contributed by atoms with Crippen LogP contribution in [0, 0.1) is 21.4 Å². The molecule has 1 aliphatic rings. The number of nitrogen functional groups attached to an aromatic ring is 1. The summed E-state index contributed by atoms with van der Waals surface area (Å²) in [5.41, 5.74) is 9.06. The number of nitrogens with zero attached hydrogens (tertiary/aromatic N) is 3. The van der Waals surface area contributed by atoms with Crippen LogP contribution >= 0.6 is 23.1 Å². The molecule has 0 aliphatic heterocycles. The van der Waals surface area contributed by atoms with Gasteiger partial charge in [0.05, 0.1) is 10.3 Å². The number of thiophene rings is 1. The van der Waals surface area contributed by atoms with Crippen molar-refractivity contribution in [3.05, 3.63) is 50.4 Å². The van der Waals surface area contributed by atoms with Crippen LogP contribution in [0.5, 0.6) is 0 Å². The lowest BCUT2D eigenvalue weighted by Crippen LogP contribution is -2.26. The highest BCUT2D eigenvalue weighted by atomic mass is 32.2. The van der Waals surface area contributed by atoms with Gasteiger partial charge in [-0.05, 0) is 41.7 Å². The summed E-state index contributed by atoms with van der Waals surface area (Å²) in [6.45, 7) is 6.95. The van der Waals surface area contributed by atoms with Gasteiger partial charge in [0.1, 0.15) is 10.6 Å². The average molecular weight is 429 g/mol. The number of nitro benzene ring substituents is 1. The summed E-state index contributed by atoms with van der Waals surface area (Å²) in [5, 5.41) is 12.5. The minimum absolute atomic E-state index is 0.0957. The van der Waals surface area contributed by atoms with Gasteiger partial charge in [0.25, 0.3) is 5.69 Å². The van der Waals surface area contributed by atoms with E-state index < -0.39 is 4.92 Å². The molecule has 1 atom stereocenters. The summed E-state index contributed by atoms with van der Waals surface area (Å²) in [6.07, 6.45) is 3.31. The molecule has 8 heteroatoms. The van der Waals surface area contributed by atoms with Crippen LogP contribution in [0.25, 0.3) is 10.2 Å². The molecule has 29 heavy (non-hydrogen) atoms. The zero-order chi connectivity index (χ0) is 20.8. The molecule has 3 aromatic rings. The normalized spacial score (nSPS) is 16.7. The van der Waals surface area contributed by atoms with Crippen LogP contribution in [0.15, 0.2) is 29.4 Å². The lowest BCUT2D eigenvalue weighted by molar-refractivity contribution is -0.384. The van der Waals surface area contributed by atoms with Crippen LogP contribution in [0.3, 0.4) is 0 Å². The standard InChI is InChI=1S/C21H24N4O2S2/c1-21(2,3)13-6-9-15-16(10-13)29-19-17(15)18(22)23-20(24-19)28-11-12-4-7-14(8-5-12)25(26)27/h4-5,7-8,13H,6,9-11H2,1-3H3,(H2,22,23,24). The summed E-state index contributed by atoms with van der Waals surface area (Å²) in [4.78, 5) is 22.1. The van der Waals surface area contributed by atoms with Crippen LogP contribution in [0.1, 0.15) is 43.2 Å². The quantitative estimate of drug-likeness (QED) is 0.251. The van der Waals surface area contributed by atoms with Gasteiger partial charge in [0.2, 0.25) is 0 Å². The van der Waals surface area contributed by atoms with E-state index in [1.54, 1.807) is 23.5 Å². The van der Waals surface area contributed by atoms with Crippen molar-refractivity contribution in [1.82, 2.24) is 9.97 Å². The van der Waals surface area contributed by atoms with Crippen molar-refractivity contribution in [2.75, 3.05) is 5.73 Å². The van der Waals surface area contributed by atoms with E-state index in [1.807, 2.05) is 0 Å². The topological polar surface area (TPSA) is 94.9 Å². The molecule has 0 spiro atoms. The predicted octanol–water partition coefficient (Wildman–Crippen LogP) is 5.63. The molecule has 0 fully saturated rings. The highest BCUT2D eigenvalue weighted by molar-refractivity contribution is 7.98. The van der Waals surface area contributed by atoms with Gasteiger partial charge in [-0.3, -0.25) is 10.1 Å². The van der Waals surface area contributed by atoms with E-state index in [0.717, 1.165) is 28.6 Å². The zero-order valence-corrected chi connectivity index (χ0v) is 18.4. The monoisotopic (exact) mass is 428 g/mol. The summed E-state index contributed by atoms with van der Waals surface area (Å²) in [5.74, 6) is 1.88. The number of benzene rings is 1. The van der Waals surface area contributed by atoms with Gasteiger partial charge in [-0.2, -0.15) is 0 Å². The Hall–Kier alpha value is -2.19. The van der Waals surface area contributed by atoms with Gasteiger partial charge >= 0.3 is 0 Å². The van der Waals surface area contributed by atoms with Gasteiger partial charge in [-0.1, -0.05) is 44.7 Å². The number of nitro groups is 1. The Morgan fingerprint density at radius 1 is 1.28 bits per heavy atom. The maximum atomic E-state index is 10.8. The maximum absolute atomic E-state index is 10.8. The largest absolute Gasteiger partial charge is 0.383 e. The first-order valence-corrected chi connectivity index (χ1v) is 11.5. The van der Waals surface area contributed by atoms with Crippen molar-refractivity contribution in [2.45, 2.75) is 50.9 Å². The van der Waals surface area contributed by atoms with Crippen LogP contribution in [-0.4, -0.2) is 14.9 Å². The van der Waals surface area contributed by atoms with Crippen molar-refractivity contribution in [2.24, 2.45) is 11.3 Å². The number of hydrogen-bond acceptors (Lipinski definition) is 7. The van der Waals surface area contributed by atoms with Crippen molar-refractivity contribution >= 4 is 44.8 Å². The van der Waals surface area contributed by atoms with E-state index in [-0.39, 0.29) is 5.69 Å². The summed E-state index contributed by atoms with van der Waals surface area (Å²) in [7, 11) is 0. The van der Waals surface area contributed by atoms with Crippen LogP contribution in [-0.2, 0) is 18.6 Å². The third-order valence-electron chi connectivity index (χ3n) is 5.66. The Balaban J connectivity index is 1.55. The second kappa shape index (κ2) is 7.57. The number of hydrogen-bond donors (Lipinski definition) is 1. The third kappa shape index (κ3) is 4.09. The molecule has 2 heterocycles. The fraction of sp³-hybridized carbons (Fsp3) is 0.429. The second-order valence-electron chi connectivity index (χ2n) is 8.59. The Morgan fingerprint density at radius 3 is 2.66 bits per heavy atom. The number of anilines is 1. The van der Waals surface area contributed by atoms with E-state index in [0.29, 0.717) is 28.1 Å². The van der Waals surface area contributed by atoms with Crippen molar-refractivity contribution < 1.29 is 4.92 Å². The molecular formula is C21H24N4O2S2. The third-order valence-corrected chi connectivity index (χ3v) is 7.72. The fourth-order valence-corrected chi connectivity index (χ4v) is 6.02. The van der Waals surface area contributed by atoms with Crippen LogP contribution in [0.4, 0.5) is 11.5 Å². The molecule has 2 N–H and O–H groups in total. The lowest BCUT2D eigenvalue weighted by Gasteiger charge is -2.33. The Kier molecular flexibility index (Phi) is 5.25. The summed E-state index contributed by atoms with van der Waals surface area (Å²) < 4.78 is 0. The smallest absolute Gasteiger partial charge is 0.269 e. The highest BCUT2D eigenvalue weighted by Gasteiger charge is 2.31. The molecule has 1 aliphatic carbocycles. The molecule has 4 rings (SSSR count). The van der Waals surface area contributed by atoms with E-state index in [2.05, 4.69) is 25.8 Å². The minimum atomic E-state index is -0.391. The zero-order valence-electron chi connectivity index (χ0n) is 16.8. The van der Waals surface area contributed by atoms with Crippen LogP contribution < -0.4 is 5.73 Å². The van der Waals surface area contributed by atoms with E-state index in [4.69, 9.17) is 10.7 Å². The molecule has 0 bridgehead atoms. The summed E-state index contributed by atoms with van der Waals surface area (Å²) >= 11 is 3.26. The van der Waals surface area contributed by atoms with Gasteiger partial charge in [0.15, 0.2) is 5.16 Å². The first kappa shape index (κ1) is 20.1. The number of aryl methyl sites for hydroxylation is 1. The van der Waals surface area contributed by atoms with Gasteiger partial charge in [0, 0.05) is 22.8 Å². The number of aromatic nitrogens is 2. The van der Waals surface area contributed by atoms with Crippen LogP contribution in [0.2, 0.25) is 0 Å². The minimum Gasteiger partial charge on any atom is -0.383 e. The molecule has 6 nitrogen and oxygen atoms in total. The molecule has 2 aromatic heterocycles. The number of rotatable bonds is 4. The second-order valence-corrected chi connectivity index (χ2v) is 10.6. The lowest BCUT2D eigenvalue weighted by atomic mass is 9.72. The van der Waals surface area contributed by atoms with Gasteiger partial charge < -0.3 is 5.73 Å². The fourth-order valence-electron chi connectivity index (χ4n) is 3.85. The number of fused-ring (bicyclic) bond motifs is 3. The molecule has 0 radical (unpaired) electrons. The van der Waals surface area contributed by atoms with Crippen molar-refractivity contribution in [1.29, 1.82) is 0 Å². The van der Waals surface area contributed by atoms with E-state index >= 15 is 0 Å². The molecule has 1 aromatic carbocycles. The number of non-ortho nitro benzene ring substituents is 1. The Bertz CT molecular complexity index is 1070. The SMILES string of the molecule is CC(C)(C)C1CCc2c(sc3nc(SCc4ccc([N+](=O)[O-])cc4)nc(N)c23)C1. The predicted molar refractivity (Wildman–Crippen MR) is 119 cm³/mol. The molecule has 0 saturated carbocycles. The Labute approximate surface area is 178 Å². The highest BCUT2D eigenvalue weighted by Crippen LogP contribution is 2.44. The number of nitrogens with two attached hydrogens (primary N) is 1. The average Bonchev–Trinajstić information content (AvgIpc) is 3.04. The molecule has 1 unspecified atom stereocenters. The van der Waals surface area contributed by atoms with Gasteiger partial charge in [-0.25, -0.2) is 9.97 Å². The molecule has 0 saturated heterocycles.